The average molecular weight is 450 g/mol. The topological polar surface area (TPSA) is 120 Å². The number of methoxy groups -OCH3 is 1. The number of non-ortho nitro benzene ring substituents is 1. The summed E-state index contributed by atoms with van der Waals surface area (Å²) in [6, 6.07) is 10.0. The summed E-state index contributed by atoms with van der Waals surface area (Å²) in [6.07, 6.45) is 6.16. The first-order valence-electron chi connectivity index (χ1n) is 11.2. The Morgan fingerprint density at radius 3 is 2.67 bits per heavy atom. The van der Waals surface area contributed by atoms with Crippen LogP contribution in [-0.2, 0) is 11.8 Å². The fourth-order valence-electron chi connectivity index (χ4n) is 6.78. The van der Waals surface area contributed by atoms with Crippen molar-refractivity contribution in [3.05, 3.63) is 67.8 Å². The van der Waals surface area contributed by atoms with Gasteiger partial charge in [0.15, 0.2) is 0 Å². The van der Waals surface area contributed by atoms with Gasteiger partial charge in [0.25, 0.3) is 5.69 Å². The molecule has 172 valence electrons. The van der Waals surface area contributed by atoms with Crippen molar-refractivity contribution in [2.75, 3.05) is 12.5 Å². The molecule has 3 atom stereocenters. The van der Waals surface area contributed by atoms with Gasteiger partial charge in [0, 0.05) is 22.6 Å². The molecule has 0 heterocycles. The molecule has 1 N–H and O–H groups in total. The molecular formula is C24H26N4O5. The Hall–Kier alpha value is -3.49. The van der Waals surface area contributed by atoms with Crippen LogP contribution in [0.2, 0.25) is 0 Å². The van der Waals surface area contributed by atoms with Crippen molar-refractivity contribution >= 4 is 22.8 Å². The van der Waals surface area contributed by atoms with E-state index in [0.29, 0.717) is 5.92 Å². The second-order valence-corrected chi connectivity index (χ2v) is 9.51. The predicted octanol–water partition coefficient (Wildman–Crippen LogP) is 5.37. The average Bonchev–Trinajstić information content (AvgIpc) is 3.29. The molecule has 9 heteroatoms. The molecular weight excluding hydrogens is 424 g/mol. The van der Waals surface area contributed by atoms with Gasteiger partial charge in [0.1, 0.15) is 11.4 Å². The molecule has 0 aliphatic heterocycles. The lowest BCUT2D eigenvalue weighted by Gasteiger charge is -2.50. The van der Waals surface area contributed by atoms with Gasteiger partial charge < -0.3 is 4.74 Å². The Balaban J connectivity index is 1.52. The van der Waals surface area contributed by atoms with Crippen LogP contribution in [0.1, 0.15) is 50.2 Å². The van der Waals surface area contributed by atoms with Gasteiger partial charge in [-0.3, -0.25) is 25.7 Å². The highest BCUT2D eigenvalue weighted by Gasteiger charge is 2.64. The van der Waals surface area contributed by atoms with Gasteiger partial charge in [0.05, 0.1) is 23.0 Å². The largest absolute Gasteiger partial charge is 0.497 e. The molecule has 2 aromatic carbocycles. The Morgan fingerprint density at radius 1 is 1.12 bits per heavy atom. The summed E-state index contributed by atoms with van der Waals surface area (Å²) in [7, 11) is 1.69. The van der Waals surface area contributed by atoms with Gasteiger partial charge in [-0.15, -0.1) is 0 Å². The lowest BCUT2D eigenvalue weighted by molar-refractivity contribution is -0.393. The maximum absolute atomic E-state index is 11.5. The molecule has 3 aliphatic rings. The number of nitro groups is 2. The Morgan fingerprint density at radius 2 is 1.94 bits per heavy atom. The first-order chi connectivity index (χ1) is 15.8. The highest BCUT2D eigenvalue weighted by atomic mass is 16.6. The molecule has 3 aliphatic carbocycles. The SMILES string of the molecule is COc1ccc2c(c1)C[C@H]1CCC[C@]3(C)/C(=N/Nc4ccc([N+](=O)[O-])cc4[N+](=O)[O-])CC[C@]213. The van der Waals surface area contributed by atoms with Crippen LogP contribution in [0, 0.1) is 31.6 Å². The zero-order chi connectivity index (χ0) is 23.4. The standard InChI is InChI=1S/C24H26N4O5/c1-23-10-3-4-16-12-15-13-18(33-2)6-7-19(15)24(16,23)11-9-22(23)26-25-20-8-5-17(27(29)30)14-21(20)28(31)32/h5-8,13-14,16,25H,3-4,9-12H2,1-2H3/b26-22+/t16-,23-,24-/m1/s1. The summed E-state index contributed by atoms with van der Waals surface area (Å²) < 4.78 is 5.46. The number of anilines is 1. The zero-order valence-corrected chi connectivity index (χ0v) is 18.7. The van der Waals surface area contributed by atoms with Crippen molar-refractivity contribution in [3.8, 4) is 5.75 Å². The summed E-state index contributed by atoms with van der Waals surface area (Å²) in [4.78, 5) is 21.3. The molecule has 9 nitrogen and oxygen atoms in total. The summed E-state index contributed by atoms with van der Waals surface area (Å²) in [5, 5.41) is 27.2. The third-order valence-corrected chi connectivity index (χ3v) is 8.26. The zero-order valence-electron chi connectivity index (χ0n) is 18.7. The van der Waals surface area contributed by atoms with Gasteiger partial charge in [-0.05, 0) is 67.3 Å². The van der Waals surface area contributed by atoms with Gasteiger partial charge >= 0.3 is 5.69 Å². The van der Waals surface area contributed by atoms with Crippen LogP contribution in [0.4, 0.5) is 17.1 Å². The van der Waals surface area contributed by atoms with Gasteiger partial charge in [-0.1, -0.05) is 19.4 Å². The minimum absolute atomic E-state index is 0.00871. The van der Waals surface area contributed by atoms with E-state index in [1.165, 1.54) is 29.7 Å². The number of nitro benzene ring substituents is 2. The maximum atomic E-state index is 11.5. The van der Waals surface area contributed by atoms with Crippen LogP contribution in [-0.4, -0.2) is 22.7 Å². The second-order valence-electron chi connectivity index (χ2n) is 9.51. The number of hydrogen-bond donors (Lipinski definition) is 1. The highest BCUT2D eigenvalue weighted by molar-refractivity contribution is 5.95. The van der Waals surface area contributed by atoms with Crippen LogP contribution in [0.3, 0.4) is 0 Å². The minimum atomic E-state index is -0.640. The molecule has 33 heavy (non-hydrogen) atoms. The fourth-order valence-corrected chi connectivity index (χ4v) is 6.78. The predicted molar refractivity (Wildman–Crippen MR) is 124 cm³/mol. The minimum Gasteiger partial charge on any atom is -0.497 e. The number of ether oxygens (including phenoxy) is 1. The number of fused-ring (bicyclic) bond motifs is 1. The van der Waals surface area contributed by atoms with E-state index >= 15 is 0 Å². The third-order valence-electron chi connectivity index (χ3n) is 8.26. The number of hydrazone groups is 1. The van der Waals surface area contributed by atoms with E-state index in [1.54, 1.807) is 7.11 Å². The molecule has 0 bridgehead atoms. The van der Waals surface area contributed by atoms with Crippen molar-refractivity contribution in [1.29, 1.82) is 0 Å². The van der Waals surface area contributed by atoms with E-state index in [9.17, 15) is 20.2 Å². The molecule has 2 fully saturated rings. The van der Waals surface area contributed by atoms with Crippen LogP contribution in [0.5, 0.6) is 5.75 Å². The first-order valence-corrected chi connectivity index (χ1v) is 11.2. The third kappa shape index (κ3) is 3.02. The van der Waals surface area contributed by atoms with Crippen LogP contribution in [0.15, 0.2) is 41.5 Å². The van der Waals surface area contributed by atoms with Gasteiger partial charge in [-0.2, -0.15) is 5.10 Å². The van der Waals surface area contributed by atoms with Crippen LogP contribution in [0.25, 0.3) is 0 Å². The first kappa shape index (κ1) is 21.4. The molecule has 1 spiro atoms. The van der Waals surface area contributed by atoms with E-state index in [2.05, 4.69) is 24.5 Å². The maximum Gasteiger partial charge on any atom is 0.301 e. The molecule has 0 unspecified atom stereocenters. The van der Waals surface area contributed by atoms with Gasteiger partial charge in [0.2, 0.25) is 0 Å². The van der Waals surface area contributed by atoms with E-state index < -0.39 is 9.85 Å². The van der Waals surface area contributed by atoms with E-state index in [4.69, 9.17) is 9.84 Å². The quantitative estimate of drug-likeness (QED) is 0.483. The summed E-state index contributed by atoms with van der Waals surface area (Å²) in [6.45, 7) is 2.29. The lowest BCUT2D eigenvalue weighted by atomic mass is 9.53. The second kappa shape index (κ2) is 7.54. The fraction of sp³-hybridized carbons (Fsp3) is 0.458. The van der Waals surface area contributed by atoms with Crippen molar-refractivity contribution in [1.82, 2.24) is 0 Å². The Labute approximate surface area is 191 Å². The molecule has 0 radical (unpaired) electrons. The monoisotopic (exact) mass is 450 g/mol. The van der Waals surface area contributed by atoms with Gasteiger partial charge in [-0.25, -0.2) is 0 Å². The van der Waals surface area contributed by atoms with Crippen molar-refractivity contribution < 1.29 is 14.6 Å². The van der Waals surface area contributed by atoms with E-state index in [-0.39, 0.29) is 27.9 Å². The van der Waals surface area contributed by atoms with Crippen molar-refractivity contribution in [2.24, 2.45) is 16.4 Å². The molecule has 0 aromatic heterocycles. The number of rotatable bonds is 5. The lowest BCUT2D eigenvalue weighted by Crippen LogP contribution is -2.49. The van der Waals surface area contributed by atoms with Crippen molar-refractivity contribution in [2.45, 2.75) is 50.9 Å². The molecule has 2 saturated carbocycles. The number of nitrogens with one attached hydrogen (secondary N) is 1. The Kier molecular flexibility index (Phi) is 4.88. The molecule has 0 saturated heterocycles. The number of benzene rings is 2. The number of nitrogens with zero attached hydrogens (tertiary/aromatic N) is 3. The Bertz CT molecular complexity index is 1200. The normalized spacial score (nSPS) is 28.7. The van der Waals surface area contributed by atoms with Crippen molar-refractivity contribution in [3.63, 3.8) is 0 Å². The van der Waals surface area contributed by atoms with E-state index in [0.717, 1.165) is 49.6 Å². The van der Waals surface area contributed by atoms with E-state index in [1.807, 2.05) is 6.07 Å². The van der Waals surface area contributed by atoms with Crippen LogP contribution >= 0.6 is 0 Å². The van der Waals surface area contributed by atoms with Crippen LogP contribution < -0.4 is 10.2 Å². The molecule has 5 rings (SSSR count). The summed E-state index contributed by atoms with van der Waals surface area (Å²) in [5.41, 5.74) is 5.98. The molecule has 2 aromatic rings. The highest BCUT2D eigenvalue weighted by Crippen LogP contribution is 2.66. The summed E-state index contributed by atoms with van der Waals surface area (Å²) >= 11 is 0. The number of hydrogen-bond acceptors (Lipinski definition) is 7. The smallest absolute Gasteiger partial charge is 0.301 e. The summed E-state index contributed by atoms with van der Waals surface area (Å²) in [5.74, 6) is 1.42. The molecule has 0 amide bonds.